The molecule has 3 aromatic rings. The van der Waals surface area contributed by atoms with Crippen molar-refractivity contribution in [3.63, 3.8) is 0 Å². The van der Waals surface area contributed by atoms with E-state index in [9.17, 15) is 14.7 Å². The number of carbonyl (C=O) groups excluding carboxylic acids is 1. The molecule has 2 aromatic heterocycles. The van der Waals surface area contributed by atoms with Crippen molar-refractivity contribution in [2.24, 2.45) is 7.05 Å². The summed E-state index contributed by atoms with van der Waals surface area (Å²) in [6, 6.07) is 10.5. The second kappa shape index (κ2) is 7.87. The van der Waals surface area contributed by atoms with Gasteiger partial charge in [0, 0.05) is 37.3 Å². The van der Waals surface area contributed by atoms with Crippen molar-refractivity contribution >= 4 is 28.7 Å². The van der Waals surface area contributed by atoms with Crippen LogP contribution in [0.15, 0.2) is 42.7 Å². The van der Waals surface area contributed by atoms with Gasteiger partial charge in [-0.25, -0.2) is 9.78 Å². The van der Waals surface area contributed by atoms with Gasteiger partial charge in [0.05, 0.1) is 23.5 Å². The summed E-state index contributed by atoms with van der Waals surface area (Å²) < 4.78 is 1.95. The molecule has 3 heterocycles. The van der Waals surface area contributed by atoms with E-state index in [1.54, 1.807) is 30.5 Å². The number of pyridine rings is 1. The molecule has 1 saturated heterocycles. The first-order chi connectivity index (χ1) is 14.5. The van der Waals surface area contributed by atoms with Crippen LogP contribution in [-0.2, 0) is 7.05 Å². The maximum absolute atomic E-state index is 12.6. The number of nitrogens with zero attached hydrogens (tertiary/aromatic N) is 4. The van der Waals surface area contributed by atoms with E-state index in [1.807, 2.05) is 29.9 Å². The molecule has 1 aliphatic rings. The van der Waals surface area contributed by atoms with Crippen molar-refractivity contribution in [3.05, 3.63) is 59.4 Å². The second-order valence-electron chi connectivity index (χ2n) is 7.48. The number of aromatic nitrogens is 2. The number of piperidine rings is 1. The van der Waals surface area contributed by atoms with E-state index in [-0.39, 0.29) is 11.8 Å². The van der Waals surface area contributed by atoms with E-state index in [0.29, 0.717) is 29.9 Å². The van der Waals surface area contributed by atoms with Gasteiger partial charge in [0.25, 0.3) is 5.91 Å². The SMILES string of the molecule is Cn1cc(C2CCN(C(=O)O)CC2)c2cc(NC(=O)c3cccc(C#N)c3)cnc21. The number of aryl methyl sites for hydroxylation is 1. The Hall–Kier alpha value is -3.86. The van der Waals surface area contributed by atoms with Gasteiger partial charge >= 0.3 is 6.09 Å². The van der Waals surface area contributed by atoms with Crippen LogP contribution in [0.1, 0.15) is 40.2 Å². The maximum atomic E-state index is 12.6. The molecule has 30 heavy (non-hydrogen) atoms. The standard InChI is InChI=1S/C22H21N5O3/c1-26-13-19(15-5-7-27(8-6-15)22(29)30)18-10-17(12-24-20(18)26)25-21(28)16-4-2-3-14(9-16)11-23/h2-4,9-10,12-13,15H,5-8H2,1H3,(H,25,28)(H,29,30). The first kappa shape index (κ1) is 19.5. The summed E-state index contributed by atoms with van der Waals surface area (Å²) in [6.45, 7) is 1.02. The molecule has 152 valence electrons. The molecule has 8 nitrogen and oxygen atoms in total. The molecule has 2 N–H and O–H groups in total. The lowest BCUT2D eigenvalue weighted by atomic mass is 9.89. The maximum Gasteiger partial charge on any atom is 0.407 e. The summed E-state index contributed by atoms with van der Waals surface area (Å²) in [6.07, 6.45) is 4.29. The summed E-state index contributed by atoms with van der Waals surface area (Å²) in [5, 5.41) is 22.0. The molecule has 0 unspecified atom stereocenters. The van der Waals surface area contributed by atoms with E-state index in [4.69, 9.17) is 5.26 Å². The second-order valence-corrected chi connectivity index (χ2v) is 7.48. The van der Waals surface area contributed by atoms with Crippen molar-refractivity contribution in [2.45, 2.75) is 18.8 Å². The first-order valence-electron chi connectivity index (χ1n) is 9.70. The van der Waals surface area contributed by atoms with Gasteiger partial charge in [-0.15, -0.1) is 0 Å². The smallest absolute Gasteiger partial charge is 0.407 e. The van der Waals surface area contributed by atoms with Gasteiger partial charge in [-0.05, 0) is 48.6 Å². The molecule has 2 amide bonds. The highest BCUT2D eigenvalue weighted by Gasteiger charge is 2.26. The largest absolute Gasteiger partial charge is 0.465 e. The molecule has 4 rings (SSSR count). The molecule has 1 aliphatic heterocycles. The topological polar surface area (TPSA) is 111 Å². The van der Waals surface area contributed by atoms with E-state index < -0.39 is 6.09 Å². The number of nitriles is 1. The van der Waals surface area contributed by atoms with E-state index >= 15 is 0 Å². The fourth-order valence-electron chi connectivity index (χ4n) is 4.00. The Balaban J connectivity index is 1.59. The summed E-state index contributed by atoms with van der Waals surface area (Å²) >= 11 is 0. The van der Waals surface area contributed by atoms with Crippen molar-refractivity contribution in [3.8, 4) is 6.07 Å². The third-order valence-electron chi connectivity index (χ3n) is 5.56. The Morgan fingerprint density at radius 2 is 2.03 bits per heavy atom. The Kier molecular flexibility index (Phi) is 5.11. The molecule has 0 bridgehead atoms. The van der Waals surface area contributed by atoms with E-state index in [2.05, 4.69) is 10.3 Å². The zero-order valence-corrected chi connectivity index (χ0v) is 16.5. The number of hydrogen-bond acceptors (Lipinski definition) is 4. The monoisotopic (exact) mass is 403 g/mol. The van der Waals surface area contributed by atoms with E-state index in [1.165, 1.54) is 4.90 Å². The highest BCUT2D eigenvalue weighted by molar-refractivity contribution is 6.05. The van der Waals surface area contributed by atoms with Crippen LogP contribution in [0.4, 0.5) is 10.5 Å². The van der Waals surface area contributed by atoms with Crippen LogP contribution in [0, 0.1) is 11.3 Å². The van der Waals surface area contributed by atoms with Gasteiger partial charge in [-0.1, -0.05) is 6.07 Å². The number of benzene rings is 1. The number of hydrogen-bond donors (Lipinski definition) is 2. The summed E-state index contributed by atoms with van der Waals surface area (Å²) in [7, 11) is 1.93. The number of amides is 2. The lowest BCUT2D eigenvalue weighted by Crippen LogP contribution is -2.36. The predicted molar refractivity (Wildman–Crippen MR) is 111 cm³/mol. The van der Waals surface area contributed by atoms with Crippen LogP contribution in [0.2, 0.25) is 0 Å². The van der Waals surface area contributed by atoms with Crippen LogP contribution in [0.3, 0.4) is 0 Å². The number of fused-ring (bicyclic) bond motifs is 1. The molecule has 0 aliphatic carbocycles. The predicted octanol–water partition coefficient (Wildman–Crippen LogP) is 3.55. The highest BCUT2D eigenvalue weighted by atomic mass is 16.4. The lowest BCUT2D eigenvalue weighted by Gasteiger charge is -2.29. The summed E-state index contributed by atoms with van der Waals surface area (Å²) in [5.74, 6) is -0.0649. The van der Waals surface area contributed by atoms with Gasteiger partial charge in [-0.3, -0.25) is 4.79 Å². The van der Waals surface area contributed by atoms with Crippen LogP contribution in [-0.4, -0.2) is 44.6 Å². The zero-order chi connectivity index (χ0) is 21.3. The zero-order valence-electron chi connectivity index (χ0n) is 16.5. The van der Waals surface area contributed by atoms with Crippen LogP contribution >= 0.6 is 0 Å². The molecule has 0 saturated carbocycles. The van der Waals surface area contributed by atoms with Crippen molar-refractivity contribution in [1.29, 1.82) is 5.26 Å². The number of carbonyl (C=O) groups is 2. The average Bonchev–Trinajstić information content (AvgIpc) is 3.09. The fraction of sp³-hybridized carbons (Fsp3) is 0.273. The average molecular weight is 403 g/mol. The molecule has 1 fully saturated rings. The van der Waals surface area contributed by atoms with E-state index in [0.717, 1.165) is 29.4 Å². The van der Waals surface area contributed by atoms with Crippen molar-refractivity contribution < 1.29 is 14.7 Å². The molecule has 0 spiro atoms. The lowest BCUT2D eigenvalue weighted by molar-refractivity contribution is 0.102. The van der Waals surface area contributed by atoms with Crippen molar-refractivity contribution in [1.82, 2.24) is 14.5 Å². The van der Waals surface area contributed by atoms with Crippen LogP contribution in [0.5, 0.6) is 0 Å². The van der Waals surface area contributed by atoms with Gasteiger partial charge in [0.2, 0.25) is 0 Å². The molecule has 0 radical (unpaired) electrons. The number of anilines is 1. The minimum atomic E-state index is -0.876. The summed E-state index contributed by atoms with van der Waals surface area (Å²) in [5.41, 5.74) is 3.34. The molecular weight excluding hydrogens is 382 g/mol. The Morgan fingerprint density at radius 1 is 1.27 bits per heavy atom. The third-order valence-corrected chi connectivity index (χ3v) is 5.56. The van der Waals surface area contributed by atoms with Crippen molar-refractivity contribution in [2.75, 3.05) is 18.4 Å². The third kappa shape index (κ3) is 3.70. The fourth-order valence-corrected chi connectivity index (χ4v) is 4.00. The Morgan fingerprint density at radius 3 is 2.73 bits per heavy atom. The normalized spacial score (nSPS) is 14.5. The Labute approximate surface area is 173 Å². The number of carboxylic acid groups (broad SMARTS) is 1. The number of likely N-dealkylation sites (tertiary alicyclic amines) is 1. The minimum Gasteiger partial charge on any atom is -0.465 e. The van der Waals surface area contributed by atoms with Crippen LogP contribution < -0.4 is 5.32 Å². The summed E-state index contributed by atoms with van der Waals surface area (Å²) in [4.78, 5) is 29.7. The molecule has 1 aromatic carbocycles. The first-order valence-corrected chi connectivity index (χ1v) is 9.70. The quantitative estimate of drug-likeness (QED) is 0.695. The van der Waals surface area contributed by atoms with Gasteiger partial charge in [-0.2, -0.15) is 5.26 Å². The number of rotatable bonds is 3. The molecular formula is C22H21N5O3. The van der Waals surface area contributed by atoms with Gasteiger partial charge in [0.15, 0.2) is 0 Å². The molecule has 0 atom stereocenters. The van der Waals surface area contributed by atoms with Gasteiger partial charge < -0.3 is 19.9 Å². The number of nitrogens with one attached hydrogen (secondary N) is 1. The Bertz CT molecular complexity index is 1170. The highest BCUT2D eigenvalue weighted by Crippen LogP contribution is 2.34. The van der Waals surface area contributed by atoms with Crippen LogP contribution in [0.25, 0.3) is 11.0 Å². The van der Waals surface area contributed by atoms with Gasteiger partial charge in [0.1, 0.15) is 5.65 Å². The molecule has 8 heteroatoms. The minimum absolute atomic E-state index is 0.240.